The van der Waals surface area contributed by atoms with Crippen molar-refractivity contribution in [3.05, 3.63) is 33.5 Å². The molecule has 0 amide bonds. The van der Waals surface area contributed by atoms with Gasteiger partial charge in [0.25, 0.3) is 12.0 Å². The second-order valence-corrected chi connectivity index (χ2v) is 2.88. The van der Waals surface area contributed by atoms with Crippen LogP contribution in [0.15, 0.2) is 10.9 Å². The number of aromatic nitrogens is 1. The van der Waals surface area contributed by atoms with E-state index in [0.717, 1.165) is 0 Å². The van der Waals surface area contributed by atoms with Gasteiger partial charge in [-0.1, -0.05) is 15.9 Å². The number of pyridine rings is 1. The smallest absolute Gasteiger partial charge is 0.284 e. The number of nitrogens with one attached hydrogen (secondary N) is 1. The van der Waals surface area contributed by atoms with Gasteiger partial charge in [-0.3, -0.25) is 4.79 Å². The molecule has 0 aliphatic carbocycles. The first-order valence-electron chi connectivity index (χ1n) is 3.32. The molecule has 0 fully saturated rings. The summed E-state index contributed by atoms with van der Waals surface area (Å²) in [5.74, 6) is -1.19. The number of aromatic amines is 1. The minimum atomic E-state index is -2.79. The van der Waals surface area contributed by atoms with Gasteiger partial charge in [-0.15, -0.1) is 0 Å². The molecule has 1 N–H and O–H groups in total. The molecule has 2 nitrogen and oxygen atoms in total. The van der Waals surface area contributed by atoms with Crippen molar-refractivity contribution in [2.24, 2.45) is 0 Å². The van der Waals surface area contributed by atoms with Gasteiger partial charge < -0.3 is 4.98 Å². The van der Waals surface area contributed by atoms with E-state index in [0.29, 0.717) is 6.07 Å². The van der Waals surface area contributed by atoms with E-state index < -0.39 is 23.4 Å². The predicted molar refractivity (Wildman–Crippen MR) is 44.6 cm³/mol. The van der Waals surface area contributed by atoms with Crippen LogP contribution >= 0.6 is 15.9 Å². The van der Waals surface area contributed by atoms with Crippen molar-refractivity contribution in [3.63, 3.8) is 0 Å². The molecule has 6 heteroatoms. The third-order valence-corrected chi connectivity index (χ3v) is 2.04. The highest BCUT2D eigenvalue weighted by atomic mass is 79.9. The third kappa shape index (κ3) is 2.12. The number of rotatable bonds is 2. The Morgan fingerprint density at radius 1 is 1.54 bits per heavy atom. The Bertz CT molecular complexity index is 363. The molecular formula is C7H5BrF3NO. The summed E-state index contributed by atoms with van der Waals surface area (Å²) in [6.45, 7) is 0. The average Bonchev–Trinajstić information content (AvgIpc) is 2.08. The topological polar surface area (TPSA) is 32.9 Å². The molecular weight excluding hydrogens is 251 g/mol. The number of hydrogen-bond acceptors (Lipinski definition) is 1. The maximum absolute atomic E-state index is 12.6. The number of alkyl halides is 3. The zero-order valence-corrected chi connectivity index (χ0v) is 7.87. The molecule has 0 saturated carbocycles. The average molecular weight is 256 g/mol. The summed E-state index contributed by atoms with van der Waals surface area (Å²) >= 11 is 2.91. The van der Waals surface area contributed by atoms with E-state index in [9.17, 15) is 18.0 Å². The molecule has 0 radical (unpaired) electrons. The maximum atomic E-state index is 12.6. The molecule has 1 heterocycles. The summed E-state index contributed by atoms with van der Waals surface area (Å²) in [6, 6.07) is 0.556. The standard InChI is InChI=1S/C7H5BrF3NO/c8-2-5-3(6(10)11)1-4(9)7(13)12-5/h1,6H,2H2,(H,12,13). The Morgan fingerprint density at radius 3 is 2.62 bits per heavy atom. The van der Waals surface area contributed by atoms with Crippen molar-refractivity contribution in [1.29, 1.82) is 0 Å². The largest absolute Gasteiger partial charge is 0.322 e. The van der Waals surface area contributed by atoms with Crippen LogP contribution in [0.4, 0.5) is 13.2 Å². The molecule has 72 valence electrons. The van der Waals surface area contributed by atoms with Gasteiger partial charge in [-0.25, -0.2) is 13.2 Å². The van der Waals surface area contributed by atoms with E-state index in [1.807, 2.05) is 4.98 Å². The first-order chi connectivity index (χ1) is 6.06. The quantitative estimate of drug-likeness (QED) is 0.809. The highest BCUT2D eigenvalue weighted by molar-refractivity contribution is 9.08. The lowest BCUT2D eigenvalue weighted by Crippen LogP contribution is -2.14. The van der Waals surface area contributed by atoms with Gasteiger partial charge in [-0.05, 0) is 6.07 Å². The monoisotopic (exact) mass is 255 g/mol. The number of halogens is 4. The van der Waals surface area contributed by atoms with Crippen LogP contribution in [-0.4, -0.2) is 4.98 Å². The first kappa shape index (κ1) is 10.3. The second-order valence-electron chi connectivity index (χ2n) is 2.31. The lowest BCUT2D eigenvalue weighted by molar-refractivity contribution is 0.149. The minimum Gasteiger partial charge on any atom is -0.322 e. The molecule has 1 rings (SSSR count). The summed E-state index contributed by atoms with van der Waals surface area (Å²) in [7, 11) is 0. The van der Waals surface area contributed by atoms with Crippen LogP contribution in [-0.2, 0) is 5.33 Å². The van der Waals surface area contributed by atoms with E-state index in [4.69, 9.17) is 0 Å². The zero-order valence-electron chi connectivity index (χ0n) is 6.28. The van der Waals surface area contributed by atoms with E-state index in [1.165, 1.54) is 0 Å². The van der Waals surface area contributed by atoms with Crippen LogP contribution in [0.2, 0.25) is 0 Å². The van der Waals surface area contributed by atoms with Crippen LogP contribution in [0.25, 0.3) is 0 Å². The van der Waals surface area contributed by atoms with Crippen molar-refractivity contribution in [3.8, 4) is 0 Å². The fourth-order valence-electron chi connectivity index (χ4n) is 0.863. The zero-order chi connectivity index (χ0) is 10.0. The molecule has 1 aromatic rings. The van der Waals surface area contributed by atoms with Gasteiger partial charge in [0.15, 0.2) is 5.82 Å². The number of H-pyrrole nitrogens is 1. The fourth-order valence-corrected chi connectivity index (χ4v) is 1.33. The van der Waals surface area contributed by atoms with Crippen LogP contribution in [0.5, 0.6) is 0 Å². The first-order valence-corrected chi connectivity index (χ1v) is 4.44. The van der Waals surface area contributed by atoms with Crippen LogP contribution in [0.3, 0.4) is 0 Å². The van der Waals surface area contributed by atoms with Gasteiger partial charge in [-0.2, -0.15) is 0 Å². The Morgan fingerprint density at radius 2 is 2.15 bits per heavy atom. The fraction of sp³-hybridized carbons (Fsp3) is 0.286. The Kier molecular flexibility index (Phi) is 3.13. The lowest BCUT2D eigenvalue weighted by atomic mass is 10.2. The summed E-state index contributed by atoms with van der Waals surface area (Å²) in [5, 5.41) is 0.0577. The maximum Gasteiger partial charge on any atom is 0.284 e. The molecule has 13 heavy (non-hydrogen) atoms. The van der Waals surface area contributed by atoms with E-state index in [-0.39, 0.29) is 11.0 Å². The van der Waals surface area contributed by atoms with Crippen molar-refractivity contribution >= 4 is 15.9 Å². The summed E-state index contributed by atoms with van der Waals surface area (Å²) < 4.78 is 37.0. The number of hydrogen-bond donors (Lipinski definition) is 1. The van der Waals surface area contributed by atoms with Crippen LogP contribution in [0, 0.1) is 5.82 Å². The molecule has 0 aromatic carbocycles. The van der Waals surface area contributed by atoms with Gasteiger partial charge in [0.1, 0.15) is 0 Å². The van der Waals surface area contributed by atoms with Gasteiger partial charge in [0, 0.05) is 16.6 Å². The van der Waals surface area contributed by atoms with Gasteiger partial charge in [0.2, 0.25) is 0 Å². The summed E-state index contributed by atoms with van der Waals surface area (Å²) in [4.78, 5) is 12.7. The Hall–Kier alpha value is -0.780. The normalized spacial score (nSPS) is 10.8. The molecule has 0 bridgehead atoms. The summed E-state index contributed by atoms with van der Waals surface area (Å²) in [5.41, 5.74) is -1.48. The molecule has 0 saturated heterocycles. The molecule has 0 unspecified atom stereocenters. The highest BCUT2D eigenvalue weighted by Gasteiger charge is 2.15. The van der Waals surface area contributed by atoms with Crippen LogP contribution in [0.1, 0.15) is 17.7 Å². The molecule has 0 aliphatic heterocycles. The van der Waals surface area contributed by atoms with E-state index in [1.54, 1.807) is 0 Å². The second kappa shape index (κ2) is 3.95. The Balaban J connectivity index is 3.33. The van der Waals surface area contributed by atoms with Crippen molar-refractivity contribution in [2.45, 2.75) is 11.8 Å². The highest BCUT2D eigenvalue weighted by Crippen LogP contribution is 2.22. The molecule has 0 aliphatic rings. The van der Waals surface area contributed by atoms with Crippen molar-refractivity contribution in [1.82, 2.24) is 4.98 Å². The molecule has 1 aromatic heterocycles. The lowest BCUT2D eigenvalue weighted by Gasteiger charge is -2.04. The Labute approximate surface area is 79.9 Å². The van der Waals surface area contributed by atoms with Crippen molar-refractivity contribution < 1.29 is 13.2 Å². The SMILES string of the molecule is O=c1[nH]c(CBr)c(C(F)F)cc1F. The van der Waals surface area contributed by atoms with Crippen molar-refractivity contribution in [2.75, 3.05) is 0 Å². The minimum absolute atomic E-state index is 0.00130. The summed E-state index contributed by atoms with van der Waals surface area (Å²) in [6.07, 6.45) is -2.79. The molecule has 0 spiro atoms. The van der Waals surface area contributed by atoms with Crippen LogP contribution < -0.4 is 5.56 Å². The van der Waals surface area contributed by atoms with E-state index >= 15 is 0 Å². The van der Waals surface area contributed by atoms with E-state index in [2.05, 4.69) is 15.9 Å². The van der Waals surface area contributed by atoms with Gasteiger partial charge >= 0.3 is 0 Å². The predicted octanol–water partition coefficient (Wildman–Crippen LogP) is 2.35. The third-order valence-electron chi connectivity index (χ3n) is 1.48. The molecule has 0 atom stereocenters. The van der Waals surface area contributed by atoms with Gasteiger partial charge in [0.05, 0.1) is 0 Å².